The van der Waals surface area contributed by atoms with E-state index < -0.39 is 5.41 Å². The lowest BCUT2D eigenvalue weighted by Crippen LogP contribution is -2.50. The highest BCUT2D eigenvalue weighted by molar-refractivity contribution is 7.80. The zero-order chi connectivity index (χ0) is 11.9. The highest BCUT2D eigenvalue weighted by atomic mass is 32.1. The van der Waals surface area contributed by atoms with Crippen molar-refractivity contribution < 1.29 is 9.90 Å². The first kappa shape index (κ1) is 11.8. The zero-order valence-corrected chi connectivity index (χ0v) is 10.3. The van der Waals surface area contributed by atoms with Crippen LogP contribution < -0.4 is 5.73 Å². The van der Waals surface area contributed by atoms with Gasteiger partial charge >= 0.3 is 0 Å². The quantitative estimate of drug-likeness (QED) is 0.683. The van der Waals surface area contributed by atoms with Crippen LogP contribution in [0.25, 0.3) is 0 Å². The molecule has 5 heteroatoms. The highest BCUT2D eigenvalue weighted by Gasteiger charge is 2.54. The topological polar surface area (TPSA) is 66.6 Å². The fraction of sp³-hybridized carbons (Fsp3) is 0.818. The van der Waals surface area contributed by atoms with Crippen LogP contribution in [0.3, 0.4) is 0 Å². The summed E-state index contributed by atoms with van der Waals surface area (Å²) in [7, 11) is 0. The van der Waals surface area contributed by atoms with Crippen LogP contribution in [0.2, 0.25) is 0 Å². The van der Waals surface area contributed by atoms with E-state index in [0.717, 1.165) is 12.8 Å². The molecule has 4 nitrogen and oxygen atoms in total. The van der Waals surface area contributed by atoms with Crippen LogP contribution in [0.5, 0.6) is 0 Å². The van der Waals surface area contributed by atoms with Crippen molar-refractivity contribution in [1.82, 2.24) is 4.90 Å². The van der Waals surface area contributed by atoms with Crippen LogP contribution in [-0.4, -0.2) is 40.1 Å². The SMILES string of the molecule is CC1CN(C(=O)C2(C(N)=S)CC2)CCC1O. The molecule has 1 saturated heterocycles. The molecule has 1 heterocycles. The largest absolute Gasteiger partial charge is 0.393 e. The molecule has 1 aliphatic carbocycles. The monoisotopic (exact) mass is 242 g/mol. The van der Waals surface area contributed by atoms with Gasteiger partial charge in [0.25, 0.3) is 0 Å². The van der Waals surface area contributed by atoms with Crippen molar-refractivity contribution in [2.75, 3.05) is 13.1 Å². The van der Waals surface area contributed by atoms with Crippen LogP contribution in [0.15, 0.2) is 0 Å². The number of hydrogen-bond acceptors (Lipinski definition) is 3. The van der Waals surface area contributed by atoms with Crippen molar-refractivity contribution in [2.45, 2.75) is 32.3 Å². The number of likely N-dealkylation sites (tertiary alicyclic amines) is 1. The summed E-state index contributed by atoms with van der Waals surface area (Å²) in [5, 5.41) is 9.62. The number of nitrogens with two attached hydrogens (primary N) is 1. The Hall–Kier alpha value is -0.680. The Morgan fingerprint density at radius 1 is 1.56 bits per heavy atom. The maximum absolute atomic E-state index is 12.3. The van der Waals surface area contributed by atoms with Gasteiger partial charge in [0.05, 0.1) is 16.5 Å². The summed E-state index contributed by atoms with van der Waals surface area (Å²) in [6.07, 6.45) is 1.94. The molecule has 0 aromatic rings. The molecule has 0 bridgehead atoms. The van der Waals surface area contributed by atoms with Gasteiger partial charge in [0, 0.05) is 13.1 Å². The maximum atomic E-state index is 12.3. The lowest BCUT2D eigenvalue weighted by molar-refractivity contribution is -0.138. The number of amides is 1. The lowest BCUT2D eigenvalue weighted by atomic mass is 9.94. The first-order valence-corrected chi connectivity index (χ1v) is 6.15. The molecule has 16 heavy (non-hydrogen) atoms. The Morgan fingerprint density at radius 3 is 2.62 bits per heavy atom. The van der Waals surface area contributed by atoms with Crippen molar-refractivity contribution in [2.24, 2.45) is 17.1 Å². The van der Waals surface area contributed by atoms with Crippen LogP contribution >= 0.6 is 12.2 Å². The van der Waals surface area contributed by atoms with Gasteiger partial charge in [0.2, 0.25) is 5.91 Å². The van der Waals surface area contributed by atoms with Gasteiger partial charge in [-0.2, -0.15) is 0 Å². The molecule has 0 spiro atoms. The number of carbonyl (C=O) groups is 1. The van der Waals surface area contributed by atoms with Gasteiger partial charge in [-0.1, -0.05) is 19.1 Å². The molecule has 2 aliphatic rings. The van der Waals surface area contributed by atoms with Crippen LogP contribution in [0.4, 0.5) is 0 Å². The number of piperidine rings is 1. The highest BCUT2D eigenvalue weighted by Crippen LogP contribution is 2.48. The summed E-state index contributed by atoms with van der Waals surface area (Å²) in [4.78, 5) is 14.4. The van der Waals surface area contributed by atoms with Crippen LogP contribution in [-0.2, 0) is 4.79 Å². The van der Waals surface area contributed by atoms with E-state index in [1.165, 1.54) is 0 Å². The Morgan fingerprint density at radius 2 is 2.19 bits per heavy atom. The minimum atomic E-state index is -0.544. The first-order valence-electron chi connectivity index (χ1n) is 5.75. The predicted octanol–water partition coefficient (Wildman–Crippen LogP) is 0.282. The van der Waals surface area contributed by atoms with E-state index in [1.807, 2.05) is 11.8 Å². The summed E-state index contributed by atoms with van der Waals surface area (Å²) in [5.41, 5.74) is 5.09. The molecule has 2 rings (SSSR count). The van der Waals surface area contributed by atoms with Crippen molar-refractivity contribution in [1.29, 1.82) is 0 Å². The van der Waals surface area contributed by atoms with E-state index in [2.05, 4.69) is 0 Å². The average Bonchev–Trinajstić information content (AvgIpc) is 3.02. The molecule has 2 unspecified atom stereocenters. The Bertz CT molecular complexity index is 328. The summed E-state index contributed by atoms with van der Waals surface area (Å²) >= 11 is 4.97. The van der Waals surface area contributed by atoms with Crippen molar-refractivity contribution in [3.05, 3.63) is 0 Å². The molecule has 3 N–H and O–H groups in total. The lowest BCUT2D eigenvalue weighted by Gasteiger charge is -2.36. The Balaban J connectivity index is 2.04. The minimum absolute atomic E-state index is 0.0683. The molecular formula is C11H18N2O2S. The van der Waals surface area contributed by atoms with Gasteiger partial charge < -0.3 is 15.7 Å². The number of aliphatic hydroxyl groups excluding tert-OH is 1. The summed E-state index contributed by atoms with van der Waals surface area (Å²) in [5.74, 6) is 0.207. The summed E-state index contributed by atoms with van der Waals surface area (Å²) < 4.78 is 0. The Kier molecular flexibility index (Phi) is 2.92. The normalized spacial score (nSPS) is 32.2. The van der Waals surface area contributed by atoms with Crippen LogP contribution in [0, 0.1) is 11.3 Å². The third-order valence-corrected chi connectivity index (χ3v) is 4.17. The van der Waals surface area contributed by atoms with E-state index in [-0.39, 0.29) is 17.9 Å². The number of aliphatic hydroxyl groups is 1. The van der Waals surface area contributed by atoms with E-state index in [0.29, 0.717) is 24.5 Å². The maximum Gasteiger partial charge on any atom is 0.235 e. The predicted molar refractivity (Wildman–Crippen MR) is 64.8 cm³/mol. The van der Waals surface area contributed by atoms with Crippen molar-refractivity contribution >= 4 is 23.1 Å². The van der Waals surface area contributed by atoms with E-state index in [9.17, 15) is 9.90 Å². The number of thiocarbonyl (C=S) groups is 1. The molecule has 2 fully saturated rings. The second-order valence-electron chi connectivity index (χ2n) is 5.03. The van der Waals surface area contributed by atoms with Gasteiger partial charge in [0.15, 0.2) is 0 Å². The number of hydrogen-bond donors (Lipinski definition) is 2. The van der Waals surface area contributed by atoms with Gasteiger partial charge in [0.1, 0.15) is 0 Å². The molecule has 90 valence electrons. The fourth-order valence-electron chi connectivity index (χ4n) is 2.31. The molecule has 0 aromatic heterocycles. The molecule has 0 radical (unpaired) electrons. The van der Waals surface area contributed by atoms with Crippen LogP contribution in [0.1, 0.15) is 26.2 Å². The second kappa shape index (κ2) is 3.96. The zero-order valence-electron chi connectivity index (χ0n) is 9.48. The standard InChI is InChI=1S/C11H18N2O2S/c1-7-6-13(5-2-8(7)14)10(15)11(3-4-11)9(12)16/h7-8,14H,2-6H2,1H3,(H2,12,16). The molecule has 2 atom stereocenters. The van der Waals surface area contributed by atoms with E-state index in [1.54, 1.807) is 0 Å². The van der Waals surface area contributed by atoms with E-state index in [4.69, 9.17) is 18.0 Å². The smallest absolute Gasteiger partial charge is 0.235 e. The number of nitrogens with zero attached hydrogens (tertiary/aromatic N) is 1. The second-order valence-corrected chi connectivity index (χ2v) is 5.47. The van der Waals surface area contributed by atoms with Crippen molar-refractivity contribution in [3.8, 4) is 0 Å². The van der Waals surface area contributed by atoms with Gasteiger partial charge in [-0.3, -0.25) is 4.79 Å². The summed E-state index contributed by atoms with van der Waals surface area (Å²) in [6, 6.07) is 0. The molecule has 1 saturated carbocycles. The minimum Gasteiger partial charge on any atom is -0.393 e. The first-order chi connectivity index (χ1) is 7.47. The van der Waals surface area contributed by atoms with Gasteiger partial charge in [-0.15, -0.1) is 0 Å². The summed E-state index contributed by atoms with van der Waals surface area (Å²) in [6.45, 7) is 3.20. The van der Waals surface area contributed by atoms with Gasteiger partial charge in [-0.25, -0.2) is 0 Å². The molecule has 1 amide bonds. The molecular weight excluding hydrogens is 224 g/mol. The fourth-order valence-corrected chi connectivity index (χ4v) is 2.60. The van der Waals surface area contributed by atoms with Crippen molar-refractivity contribution in [3.63, 3.8) is 0 Å². The molecule has 1 aliphatic heterocycles. The number of carbonyl (C=O) groups excluding carboxylic acids is 1. The van der Waals surface area contributed by atoms with E-state index >= 15 is 0 Å². The Labute approximate surface area is 101 Å². The van der Waals surface area contributed by atoms with Gasteiger partial charge in [-0.05, 0) is 25.2 Å². The third-order valence-electron chi connectivity index (χ3n) is 3.78. The molecule has 0 aromatic carbocycles. The third kappa shape index (κ3) is 1.82. The number of rotatable bonds is 2. The average molecular weight is 242 g/mol.